The summed E-state index contributed by atoms with van der Waals surface area (Å²) in [6.07, 6.45) is 4.09. The summed E-state index contributed by atoms with van der Waals surface area (Å²) in [5, 5.41) is 6.25. The topological polar surface area (TPSA) is 28.2 Å². The van der Waals surface area contributed by atoms with Gasteiger partial charge in [0, 0.05) is 30.4 Å². The lowest BCUT2D eigenvalue weighted by atomic mass is 10.2. The lowest BCUT2D eigenvalue weighted by Crippen LogP contribution is -2.19. The zero-order chi connectivity index (χ0) is 13.9. The monoisotopic (exact) mass is 291 g/mol. The van der Waals surface area contributed by atoms with Crippen molar-refractivity contribution in [2.24, 2.45) is 0 Å². The Labute approximate surface area is 122 Å². The number of hydrogen-bond donors (Lipinski definition) is 1. The number of hydrogen-bond acceptors (Lipinski definition) is 4. The maximum atomic E-state index is 14.2. The molecule has 1 aliphatic rings. The molecule has 1 atom stereocenters. The Morgan fingerprint density at radius 1 is 1.35 bits per heavy atom. The van der Waals surface area contributed by atoms with Crippen LogP contribution in [-0.4, -0.2) is 18.1 Å². The predicted octanol–water partition coefficient (Wildman–Crippen LogP) is 4.06. The van der Waals surface area contributed by atoms with Crippen LogP contribution in [0, 0.1) is 5.82 Å². The van der Waals surface area contributed by atoms with E-state index in [2.05, 4.69) is 15.2 Å². The van der Waals surface area contributed by atoms with E-state index in [1.807, 2.05) is 24.4 Å². The number of benzene rings is 1. The van der Waals surface area contributed by atoms with Gasteiger partial charge in [-0.2, -0.15) is 0 Å². The van der Waals surface area contributed by atoms with Crippen molar-refractivity contribution < 1.29 is 4.39 Å². The second-order valence-electron chi connectivity index (χ2n) is 5.10. The molecule has 0 spiro atoms. The summed E-state index contributed by atoms with van der Waals surface area (Å²) in [4.78, 5) is 6.38. The molecule has 20 heavy (non-hydrogen) atoms. The average Bonchev–Trinajstić information content (AvgIpc) is 3.12. The van der Waals surface area contributed by atoms with Crippen LogP contribution >= 0.6 is 11.3 Å². The maximum Gasteiger partial charge on any atom is 0.148 e. The molecule has 106 valence electrons. The van der Waals surface area contributed by atoms with Gasteiger partial charge in [0.1, 0.15) is 10.8 Å². The van der Waals surface area contributed by atoms with Gasteiger partial charge < -0.3 is 10.2 Å². The van der Waals surface area contributed by atoms with E-state index in [4.69, 9.17) is 0 Å². The first kappa shape index (κ1) is 13.4. The fraction of sp³-hybridized carbons (Fsp3) is 0.400. The maximum absolute atomic E-state index is 14.2. The Kier molecular flexibility index (Phi) is 3.87. The van der Waals surface area contributed by atoms with E-state index in [0.717, 1.165) is 42.3 Å². The second-order valence-corrected chi connectivity index (χ2v) is 6.02. The Hall–Kier alpha value is -1.62. The molecule has 1 fully saturated rings. The average molecular weight is 291 g/mol. The Bertz CT molecular complexity index is 565. The molecule has 1 saturated heterocycles. The van der Waals surface area contributed by atoms with Gasteiger partial charge in [0.2, 0.25) is 0 Å². The predicted molar refractivity (Wildman–Crippen MR) is 82.0 cm³/mol. The van der Waals surface area contributed by atoms with Crippen LogP contribution in [0.15, 0.2) is 29.8 Å². The zero-order valence-electron chi connectivity index (χ0n) is 11.5. The van der Waals surface area contributed by atoms with Crippen molar-refractivity contribution in [1.82, 2.24) is 4.98 Å². The Morgan fingerprint density at radius 3 is 2.80 bits per heavy atom. The molecule has 0 bridgehead atoms. The van der Waals surface area contributed by atoms with Crippen LogP contribution in [0.5, 0.6) is 0 Å². The lowest BCUT2D eigenvalue weighted by Gasteiger charge is -2.20. The molecule has 2 heterocycles. The van der Waals surface area contributed by atoms with Gasteiger partial charge in [-0.3, -0.25) is 0 Å². The van der Waals surface area contributed by atoms with Gasteiger partial charge in [-0.25, -0.2) is 9.37 Å². The minimum atomic E-state index is -0.150. The first-order valence-electron chi connectivity index (χ1n) is 6.94. The highest BCUT2D eigenvalue weighted by atomic mass is 32.1. The summed E-state index contributed by atoms with van der Waals surface area (Å²) in [5.74, 6) is -0.150. The summed E-state index contributed by atoms with van der Waals surface area (Å²) in [5.41, 5.74) is 1.52. The Morgan fingerprint density at radius 2 is 2.15 bits per heavy atom. The number of thiazole rings is 1. The molecule has 0 aliphatic carbocycles. The number of halogens is 1. The minimum Gasteiger partial charge on any atom is -0.376 e. The summed E-state index contributed by atoms with van der Waals surface area (Å²) in [6.45, 7) is 3.95. The number of rotatable bonds is 4. The molecule has 1 aromatic carbocycles. The molecule has 1 aliphatic heterocycles. The molecule has 3 rings (SSSR count). The third kappa shape index (κ3) is 2.77. The molecule has 1 aromatic heterocycles. The quantitative estimate of drug-likeness (QED) is 0.921. The molecule has 5 heteroatoms. The molecule has 0 saturated carbocycles. The van der Waals surface area contributed by atoms with E-state index in [-0.39, 0.29) is 11.9 Å². The number of anilines is 2. The molecule has 2 aromatic rings. The van der Waals surface area contributed by atoms with Gasteiger partial charge in [0.25, 0.3) is 0 Å². The van der Waals surface area contributed by atoms with Gasteiger partial charge in [-0.1, -0.05) is 0 Å². The van der Waals surface area contributed by atoms with Crippen LogP contribution in [0.25, 0.3) is 0 Å². The SMILES string of the molecule is CC(Nc1ccc(N2CCCC2)c(F)c1)c1nccs1. The fourth-order valence-electron chi connectivity index (χ4n) is 2.57. The van der Waals surface area contributed by atoms with Gasteiger partial charge in [-0.15, -0.1) is 11.3 Å². The minimum absolute atomic E-state index is 0.0898. The van der Waals surface area contributed by atoms with E-state index in [0.29, 0.717) is 0 Å². The smallest absolute Gasteiger partial charge is 0.148 e. The van der Waals surface area contributed by atoms with Crippen molar-refractivity contribution in [3.05, 3.63) is 40.6 Å². The van der Waals surface area contributed by atoms with E-state index >= 15 is 0 Å². The van der Waals surface area contributed by atoms with Crippen molar-refractivity contribution in [2.75, 3.05) is 23.3 Å². The summed E-state index contributed by atoms with van der Waals surface area (Å²) in [6, 6.07) is 5.49. The van der Waals surface area contributed by atoms with Crippen LogP contribution in [0.1, 0.15) is 30.8 Å². The lowest BCUT2D eigenvalue weighted by molar-refractivity contribution is 0.623. The van der Waals surface area contributed by atoms with Crippen molar-refractivity contribution in [2.45, 2.75) is 25.8 Å². The molecule has 1 N–H and O–H groups in total. The first-order valence-corrected chi connectivity index (χ1v) is 7.82. The number of aromatic nitrogens is 1. The van der Waals surface area contributed by atoms with Crippen molar-refractivity contribution in [3.8, 4) is 0 Å². The molecular weight excluding hydrogens is 273 g/mol. The number of nitrogens with zero attached hydrogens (tertiary/aromatic N) is 2. The van der Waals surface area contributed by atoms with Gasteiger partial charge >= 0.3 is 0 Å². The highest BCUT2D eigenvalue weighted by molar-refractivity contribution is 7.09. The molecule has 0 amide bonds. The fourth-order valence-corrected chi connectivity index (χ4v) is 3.22. The summed E-state index contributed by atoms with van der Waals surface area (Å²) >= 11 is 1.60. The van der Waals surface area contributed by atoms with Crippen LogP contribution in [-0.2, 0) is 0 Å². The van der Waals surface area contributed by atoms with Crippen molar-refractivity contribution >= 4 is 22.7 Å². The van der Waals surface area contributed by atoms with Crippen LogP contribution in [0.2, 0.25) is 0 Å². The molecule has 1 unspecified atom stereocenters. The molecule has 3 nitrogen and oxygen atoms in total. The van der Waals surface area contributed by atoms with Crippen molar-refractivity contribution in [1.29, 1.82) is 0 Å². The Balaban J connectivity index is 1.73. The van der Waals surface area contributed by atoms with Gasteiger partial charge in [0.15, 0.2) is 0 Å². The van der Waals surface area contributed by atoms with Crippen LogP contribution < -0.4 is 10.2 Å². The highest BCUT2D eigenvalue weighted by Crippen LogP contribution is 2.28. The largest absolute Gasteiger partial charge is 0.376 e. The zero-order valence-corrected chi connectivity index (χ0v) is 12.3. The molecular formula is C15H18FN3S. The van der Waals surface area contributed by atoms with Crippen LogP contribution in [0.3, 0.4) is 0 Å². The third-order valence-corrected chi connectivity index (χ3v) is 4.56. The highest BCUT2D eigenvalue weighted by Gasteiger charge is 2.16. The second kappa shape index (κ2) is 5.79. The standard InChI is InChI=1S/C15H18FN3S/c1-11(15-17-6-9-20-15)18-12-4-5-14(13(16)10-12)19-7-2-3-8-19/h4-6,9-11,18H,2-3,7-8H2,1H3. The molecule has 0 radical (unpaired) electrons. The summed E-state index contributed by atoms with van der Waals surface area (Å²) < 4.78 is 14.2. The third-order valence-electron chi connectivity index (χ3n) is 3.60. The van der Waals surface area contributed by atoms with E-state index in [1.165, 1.54) is 0 Å². The number of nitrogens with one attached hydrogen (secondary N) is 1. The van der Waals surface area contributed by atoms with Gasteiger partial charge in [0.05, 0.1) is 11.7 Å². The van der Waals surface area contributed by atoms with Crippen molar-refractivity contribution in [3.63, 3.8) is 0 Å². The van der Waals surface area contributed by atoms with Gasteiger partial charge in [-0.05, 0) is 38.0 Å². The van der Waals surface area contributed by atoms with E-state index < -0.39 is 0 Å². The van der Waals surface area contributed by atoms with Crippen LogP contribution in [0.4, 0.5) is 15.8 Å². The van der Waals surface area contributed by atoms with E-state index in [1.54, 1.807) is 23.6 Å². The summed E-state index contributed by atoms with van der Waals surface area (Å²) in [7, 11) is 0. The normalized spacial score (nSPS) is 16.4. The van der Waals surface area contributed by atoms with E-state index in [9.17, 15) is 4.39 Å². The first-order chi connectivity index (χ1) is 9.74.